The van der Waals surface area contributed by atoms with Gasteiger partial charge in [0.15, 0.2) is 0 Å². The van der Waals surface area contributed by atoms with Crippen LogP contribution in [-0.2, 0) is 17.9 Å². The smallest absolute Gasteiger partial charge is 0.335 e. The lowest BCUT2D eigenvalue weighted by atomic mass is 10.1. The van der Waals surface area contributed by atoms with Crippen LogP contribution in [0.15, 0.2) is 75.2 Å². The van der Waals surface area contributed by atoms with E-state index < -0.39 is 11.9 Å². The SMILES string of the molecule is COc1ccc(CNC(=O)/C(C#N)=C\c2cc(Br)c(OCc3ccc(C(=O)O)cc3)c(Br)c2)cc1. The molecule has 3 aromatic rings. The van der Waals surface area contributed by atoms with Crippen LogP contribution in [0.2, 0.25) is 0 Å². The molecule has 2 N–H and O–H groups in total. The van der Waals surface area contributed by atoms with Crippen LogP contribution in [0.5, 0.6) is 11.5 Å². The summed E-state index contributed by atoms with van der Waals surface area (Å²) < 4.78 is 12.2. The average molecular weight is 600 g/mol. The number of nitrogens with zero attached hydrogens (tertiary/aromatic N) is 1. The number of hydrogen-bond acceptors (Lipinski definition) is 5. The van der Waals surface area contributed by atoms with E-state index in [9.17, 15) is 14.9 Å². The molecular weight excluding hydrogens is 580 g/mol. The summed E-state index contributed by atoms with van der Waals surface area (Å²) in [6.45, 7) is 0.499. The van der Waals surface area contributed by atoms with Crippen LogP contribution >= 0.6 is 31.9 Å². The van der Waals surface area contributed by atoms with Crippen LogP contribution in [0.1, 0.15) is 27.0 Å². The molecule has 0 saturated carbocycles. The molecule has 0 aliphatic heterocycles. The van der Waals surface area contributed by atoms with Crippen LogP contribution in [0.4, 0.5) is 0 Å². The largest absolute Gasteiger partial charge is 0.497 e. The van der Waals surface area contributed by atoms with E-state index in [1.807, 2.05) is 18.2 Å². The summed E-state index contributed by atoms with van der Waals surface area (Å²) in [6.07, 6.45) is 1.49. The molecule has 0 heterocycles. The third-order valence-electron chi connectivity index (χ3n) is 4.89. The number of ether oxygens (including phenoxy) is 2. The molecule has 0 aromatic heterocycles. The molecule has 35 heavy (non-hydrogen) atoms. The van der Waals surface area contributed by atoms with Crippen LogP contribution in [0.3, 0.4) is 0 Å². The van der Waals surface area contributed by atoms with Gasteiger partial charge in [-0.15, -0.1) is 0 Å². The molecule has 7 nitrogen and oxygen atoms in total. The highest BCUT2D eigenvalue weighted by Gasteiger charge is 2.13. The Balaban J connectivity index is 1.67. The monoisotopic (exact) mass is 598 g/mol. The number of amides is 1. The number of hydrogen-bond donors (Lipinski definition) is 2. The fraction of sp³-hybridized carbons (Fsp3) is 0.115. The standard InChI is InChI=1S/C26H20Br2N2O5/c1-34-21-8-4-16(5-9-21)14-30-25(31)20(13-29)10-18-11-22(27)24(23(28)12-18)35-15-17-2-6-19(7-3-17)26(32)33/h2-12H,14-15H2,1H3,(H,30,31)(H,32,33)/b20-10-. The predicted molar refractivity (Wildman–Crippen MR) is 138 cm³/mol. The van der Waals surface area contributed by atoms with Crippen LogP contribution < -0.4 is 14.8 Å². The summed E-state index contributed by atoms with van der Waals surface area (Å²) in [7, 11) is 1.58. The summed E-state index contributed by atoms with van der Waals surface area (Å²) in [5.41, 5.74) is 2.47. The van der Waals surface area contributed by atoms with Crippen LogP contribution in [0.25, 0.3) is 6.08 Å². The highest BCUT2D eigenvalue weighted by atomic mass is 79.9. The zero-order chi connectivity index (χ0) is 25.4. The summed E-state index contributed by atoms with van der Waals surface area (Å²) in [5.74, 6) is -0.220. The number of rotatable bonds is 9. The van der Waals surface area contributed by atoms with E-state index >= 15 is 0 Å². The number of benzene rings is 3. The first-order valence-corrected chi connectivity index (χ1v) is 11.9. The normalized spacial score (nSPS) is 10.9. The second kappa shape index (κ2) is 12.2. The molecule has 9 heteroatoms. The maximum absolute atomic E-state index is 12.5. The van der Waals surface area contributed by atoms with Crippen molar-refractivity contribution in [3.8, 4) is 17.6 Å². The minimum Gasteiger partial charge on any atom is -0.497 e. The second-order valence-electron chi connectivity index (χ2n) is 7.30. The number of nitrogens with one attached hydrogen (secondary N) is 1. The first-order valence-electron chi connectivity index (χ1n) is 10.3. The molecule has 3 aromatic carbocycles. The Bertz CT molecular complexity index is 1270. The van der Waals surface area contributed by atoms with Gasteiger partial charge >= 0.3 is 5.97 Å². The first kappa shape index (κ1) is 26.0. The first-order chi connectivity index (χ1) is 16.8. The van der Waals surface area contributed by atoms with E-state index in [0.717, 1.165) is 16.9 Å². The van der Waals surface area contributed by atoms with Gasteiger partial charge in [-0.25, -0.2) is 4.79 Å². The number of nitriles is 1. The van der Waals surface area contributed by atoms with E-state index in [1.165, 1.54) is 18.2 Å². The zero-order valence-electron chi connectivity index (χ0n) is 18.5. The maximum Gasteiger partial charge on any atom is 0.335 e. The highest BCUT2D eigenvalue weighted by molar-refractivity contribution is 9.11. The third kappa shape index (κ3) is 7.18. The molecule has 0 atom stereocenters. The van der Waals surface area contributed by atoms with Crippen molar-refractivity contribution in [2.45, 2.75) is 13.2 Å². The molecule has 1 amide bonds. The van der Waals surface area contributed by atoms with Gasteiger partial charge in [0.2, 0.25) is 0 Å². The Hall–Kier alpha value is -3.61. The minimum atomic E-state index is -0.988. The lowest BCUT2D eigenvalue weighted by molar-refractivity contribution is -0.117. The van der Waals surface area contributed by atoms with Gasteiger partial charge < -0.3 is 19.9 Å². The van der Waals surface area contributed by atoms with E-state index in [4.69, 9.17) is 14.6 Å². The molecule has 0 aliphatic rings. The molecule has 0 saturated heterocycles. The molecule has 0 radical (unpaired) electrons. The van der Waals surface area contributed by atoms with Gasteiger partial charge in [-0.2, -0.15) is 5.26 Å². The summed E-state index contributed by atoms with van der Waals surface area (Å²) in [4.78, 5) is 23.5. The average Bonchev–Trinajstić information content (AvgIpc) is 2.85. The minimum absolute atomic E-state index is 0.0375. The summed E-state index contributed by atoms with van der Waals surface area (Å²) in [5, 5.41) is 21.2. The lowest BCUT2D eigenvalue weighted by Gasteiger charge is -2.12. The predicted octanol–water partition coefficient (Wildman–Crippen LogP) is 5.72. The van der Waals surface area contributed by atoms with Crippen molar-refractivity contribution < 1.29 is 24.2 Å². The van der Waals surface area contributed by atoms with E-state index in [-0.39, 0.29) is 24.3 Å². The van der Waals surface area contributed by atoms with Crippen molar-refractivity contribution in [3.05, 3.63) is 97.4 Å². The van der Waals surface area contributed by atoms with Crippen LogP contribution in [-0.4, -0.2) is 24.1 Å². The Morgan fingerprint density at radius 3 is 2.17 bits per heavy atom. The highest BCUT2D eigenvalue weighted by Crippen LogP contribution is 2.36. The van der Waals surface area contributed by atoms with Crippen LogP contribution in [0, 0.1) is 11.3 Å². The van der Waals surface area contributed by atoms with Gasteiger partial charge in [0.05, 0.1) is 21.6 Å². The molecule has 0 spiro atoms. The molecule has 3 rings (SSSR count). The van der Waals surface area contributed by atoms with Crippen molar-refractivity contribution in [3.63, 3.8) is 0 Å². The van der Waals surface area contributed by atoms with Crippen molar-refractivity contribution in [1.82, 2.24) is 5.32 Å². The second-order valence-corrected chi connectivity index (χ2v) is 9.01. The molecular formula is C26H20Br2N2O5. The fourth-order valence-electron chi connectivity index (χ4n) is 3.04. The van der Waals surface area contributed by atoms with Gasteiger partial charge in [-0.1, -0.05) is 24.3 Å². The van der Waals surface area contributed by atoms with Gasteiger partial charge in [0.25, 0.3) is 5.91 Å². The van der Waals surface area contributed by atoms with Gasteiger partial charge in [-0.3, -0.25) is 4.79 Å². The Morgan fingerprint density at radius 2 is 1.63 bits per heavy atom. The summed E-state index contributed by atoms with van der Waals surface area (Å²) >= 11 is 6.94. The molecule has 0 fully saturated rings. The number of carboxylic acid groups (broad SMARTS) is 1. The Labute approximate surface area is 219 Å². The van der Waals surface area contributed by atoms with E-state index in [0.29, 0.717) is 20.3 Å². The Morgan fingerprint density at radius 1 is 1.03 bits per heavy atom. The molecule has 0 unspecified atom stereocenters. The molecule has 178 valence electrons. The van der Waals surface area contributed by atoms with Crippen molar-refractivity contribution in [2.75, 3.05) is 7.11 Å². The van der Waals surface area contributed by atoms with Gasteiger partial charge in [0.1, 0.15) is 29.7 Å². The van der Waals surface area contributed by atoms with E-state index in [2.05, 4.69) is 37.2 Å². The number of methoxy groups -OCH3 is 1. The summed E-state index contributed by atoms with van der Waals surface area (Å²) in [6, 6.07) is 19.1. The maximum atomic E-state index is 12.5. The number of aromatic carboxylic acids is 1. The molecule has 0 aliphatic carbocycles. The van der Waals surface area contributed by atoms with Gasteiger partial charge in [0, 0.05) is 6.54 Å². The Kier molecular flexibility index (Phi) is 9.06. The fourth-order valence-corrected chi connectivity index (χ4v) is 4.49. The lowest BCUT2D eigenvalue weighted by Crippen LogP contribution is -2.23. The van der Waals surface area contributed by atoms with Crippen molar-refractivity contribution >= 4 is 49.8 Å². The quantitative estimate of drug-likeness (QED) is 0.240. The van der Waals surface area contributed by atoms with Crippen molar-refractivity contribution in [1.29, 1.82) is 5.26 Å². The van der Waals surface area contributed by atoms with Crippen molar-refractivity contribution in [2.24, 2.45) is 0 Å². The van der Waals surface area contributed by atoms with Gasteiger partial charge in [-0.05, 0) is 91.0 Å². The number of carbonyl (C=O) groups is 2. The topological polar surface area (TPSA) is 109 Å². The number of carbonyl (C=O) groups excluding carboxylic acids is 1. The van der Waals surface area contributed by atoms with E-state index in [1.54, 1.807) is 43.5 Å². The molecule has 0 bridgehead atoms. The third-order valence-corrected chi connectivity index (χ3v) is 6.07. The number of carboxylic acids is 1. The number of halogens is 2. The zero-order valence-corrected chi connectivity index (χ0v) is 21.7.